The molecular formula is C27H25N3O5. The molecule has 3 aromatic carbocycles. The first kappa shape index (κ1) is 22.5. The standard InChI is InChI=1S/C27H25N3O5/c1-34-20-8-3-17(4-9-20)19-7-12-23-22(15-19)27(33)30-14-13-29(16-24(30)25(31)28-23)26(32)18-5-10-21(35-2)11-6-18/h3-12,15,24H,13-14,16H2,1-2H3,(H,28,31). The number of hydrogen-bond donors (Lipinski definition) is 1. The number of nitrogens with zero attached hydrogens (tertiary/aromatic N) is 2. The van der Waals surface area contributed by atoms with Crippen LogP contribution < -0.4 is 14.8 Å². The quantitative estimate of drug-likeness (QED) is 0.631. The van der Waals surface area contributed by atoms with Crippen LogP contribution in [-0.4, -0.2) is 67.4 Å². The van der Waals surface area contributed by atoms with Crippen molar-refractivity contribution < 1.29 is 23.9 Å². The second-order valence-corrected chi connectivity index (χ2v) is 8.47. The molecule has 1 N–H and O–H groups in total. The Balaban J connectivity index is 1.39. The summed E-state index contributed by atoms with van der Waals surface area (Å²) < 4.78 is 10.4. The number of anilines is 1. The molecule has 0 aromatic heterocycles. The SMILES string of the molecule is COc1ccc(C(=O)N2CCN3C(=O)c4cc(-c5ccc(OC)cc5)ccc4NC(=O)C3C2)cc1. The molecule has 1 atom stereocenters. The van der Waals surface area contributed by atoms with Crippen molar-refractivity contribution in [2.75, 3.05) is 39.2 Å². The molecule has 0 spiro atoms. The van der Waals surface area contributed by atoms with Crippen LogP contribution in [0.25, 0.3) is 11.1 Å². The van der Waals surface area contributed by atoms with E-state index in [1.165, 1.54) is 0 Å². The van der Waals surface area contributed by atoms with Gasteiger partial charge in [0.15, 0.2) is 0 Å². The first-order valence-corrected chi connectivity index (χ1v) is 11.3. The van der Waals surface area contributed by atoms with Gasteiger partial charge in [-0.05, 0) is 59.7 Å². The number of carbonyl (C=O) groups is 3. The predicted molar refractivity (Wildman–Crippen MR) is 131 cm³/mol. The van der Waals surface area contributed by atoms with Crippen molar-refractivity contribution in [1.82, 2.24) is 9.80 Å². The van der Waals surface area contributed by atoms with Gasteiger partial charge in [0.1, 0.15) is 17.5 Å². The van der Waals surface area contributed by atoms with E-state index in [4.69, 9.17) is 9.47 Å². The van der Waals surface area contributed by atoms with Gasteiger partial charge in [-0.1, -0.05) is 18.2 Å². The Bertz CT molecular complexity index is 1290. The summed E-state index contributed by atoms with van der Waals surface area (Å²) in [5, 5.41) is 2.89. The van der Waals surface area contributed by atoms with Gasteiger partial charge in [0.05, 0.1) is 32.0 Å². The molecule has 8 heteroatoms. The van der Waals surface area contributed by atoms with Gasteiger partial charge >= 0.3 is 0 Å². The van der Waals surface area contributed by atoms with Crippen LogP contribution in [-0.2, 0) is 4.79 Å². The summed E-state index contributed by atoms with van der Waals surface area (Å²) in [6.45, 7) is 0.737. The Morgan fingerprint density at radius 2 is 1.49 bits per heavy atom. The highest BCUT2D eigenvalue weighted by molar-refractivity contribution is 6.11. The van der Waals surface area contributed by atoms with Gasteiger partial charge in [-0.2, -0.15) is 0 Å². The van der Waals surface area contributed by atoms with E-state index in [1.807, 2.05) is 30.3 Å². The average molecular weight is 472 g/mol. The number of amides is 3. The van der Waals surface area contributed by atoms with Crippen molar-refractivity contribution >= 4 is 23.4 Å². The van der Waals surface area contributed by atoms with E-state index in [0.29, 0.717) is 29.1 Å². The topological polar surface area (TPSA) is 88.2 Å². The van der Waals surface area contributed by atoms with E-state index in [2.05, 4.69) is 5.32 Å². The summed E-state index contributed by atoms with van der Waals surface area (Å²) in [7, 11) is 3.18. The summed E-state index contributed by atoms with van der Waals surface area (Å²) in [6.07, 6.45) is 0. The lowest BCUT2D eigenvalue weighted by molar-refractivity contribution is -0.121. The van der Waals surface area contributed by atoms with Gasteiger partial charge in [-0.15, -0.1) is 0 Å². The molecule has 0 aliphatic carbocycles. The summed E-state index contributed by atoms with van der Waals surface area (Å²) in [5.74, 6) is 0.691. The predicted octanol–water partition coefficient (Wildman–Crippen LogP) is 3.29. The Morgan fingerprint density at radius 1 is 0.857 bits per heavy atom. The normalized spacial score (nSPS) is 17.1. The summed E-state index contributed by atoms with van der Waals surface area (Å²) in [6, 6.07) is 19.1. The molecule has 1 saturated heterocycles. The minimum Gasteiger partial charge on any atom is -0.497 e. The van der Waals surface area contributed by atoms with Gasteiger partial charge in [0.25, 0.3) is 11.8 Å². The molecule has 5 rings (SSSR count). The lowest BCUT2D eigenvalue weighted by atomic mass is 10.0. The number of benzene rings is 3. The van der Waals surface area contributed by atoms with E-state index in [0.717, 1.165) is 16.9 Å². The third-order valence-corrected chi connectivity index (χ3v) is 6.50. The average Bonchev–Trinajstić information content (AvgIpc) is 3.01. The lowest BCUT2D eigenvalue weighted by Crippen LogP contribution is -2.59. The van der Waals surface area contributed by atoms with Crippen LogP contribution in [0.2, 0.25) is 0 Å². The van der Waals surface area contributed by atoms with Crippen LogP contribution >= 0.6 is 0 Å². The monoisotopic (exact) mass is 471 g/mol. The second kappa shape index (κ2) is 9.13. The van der Waals surface area contributed by atoms with Crippen LogP contribution in [0.1, 0.15) is 20.7 Å². The zero-order chi connectivity index (χ0) is 24.5. The van der Waals surface area contributed by atoms with Crippen molar-refractivity contribution in [2.24, 2.45) is 0 Å². The fourth-order valence-corrected chi connectivity index (χ4v) is 4.52. The fraction of sp³-hybridized carbons (Fsp3) is 0.222. The number of hydrogen-bond acceptors (Lipinski definition) is 5. The van der Waals surface area contributed by atoms with Crippen LogP contribution in [0.15, 0.2) is 66.7 Å². The number of fused-ring (bicyclic) bond motifs is 2. The maximum atomic E-state index is 13.5. The zero-order valence-corrected chi connectivity index (χ0v) is 19.5. The number of ether oxygens (including phenoxy) is 2. The number of rotatable bonds is 4. The molecular weight excluding hydrogens is 446 g/mol. The Morgan fingerprint density at radius 3 is 2.14 bits per heavy atom. The summed E-state index contributed by atoms with van der Waals surface area (Å²) >= 11 is 0. The smallest absolute Gasteiger partial charge is 0.256 e. The molecule has 1 fully saturated rings. The van der Waals surface area contributed by atoms with E-state index >= 15 is 0 Å². The molecule has 2 heterocycles. The van der Waals surface area contributed by atoms with Crippen molar-refractivity contribution in [1.29, 1.82) is 0 Å². The number of carbonyl (C=O) groups excluding carboxylic acids is 3. The summed E-state index contributed by atoms with van der Waals surface area (Å²) in [4.78, 5) is 42.9. The molecule has 178 valence electrons. The maximum Gasteiger partial charge on any atom is 0.256 e. The second-order valence-electron chi connectivity index (χ2n) is 8.47. The third-order valence-electron chi connectivity index (χ3n) is 6.50. The molecule has 2 aliphatic rings. The Labute approximate surface area is 203 Å². The molecule has 3 aromatic rings. The van der Waals surface area contributed by atoms with Gasteiger partial charge in [-0.25, -0.2) is 0 Å². The van der Waals surface area contributed by atoms with E-state index in [1.54, 1.807) is 60.4 Å². The molecule has 35 heavy (non-hydrogen) atoms. The first-order chi connectivity index (χ1) is 17.0. The third kappa shape index (κ3) is 4.19. The van der Waals surface area contributed by atoms with Crippen molar-refractivity contribution in [3.8, 4) is 22.6 Å². The van der Waals surface area contributed by atoms with E-state index in [9.17, 15) is 14.4 Å². The van der Waals surface area contributed by atoms with E-state index < -0.39 is 6.04 Å². The zero-order valence-electron chi connectivity index (χ0n) is 19.5. The highest BCUT2D eigenvalue weighted by atomic mass is 16.5. The molecule has 0 saturated carbocycles. The maximum absolute atomic E-state index is 13.5. The number of nitrogens with one attached hydrogen (secondary N) is 1. The van der Waals surface area contributed by atoms with Crippen molar-refractivity contribution in [2.45, 2.75) is 6.04 Å². The van der Waals surface area contributed by atoms with Crippen molar-refractivity contribution in [3.05, 3.63) is 77.9 Å². The van der Waals surface area contributed by atoms with Crippen LogP contribution in [0.5, 0.6) is 11.5 Å². The molecule has 1 unspecified atom stereocenters. The van der Waals surface area contributed by atoms with Crippen molar-refractivity contribution in [3.63, 3.8) is 0 Å². The Kier molecular flexibility index (Phi) is 5.86. The van der Waals surface area contributed by atoms with Gasteiger partial charge in [0, 0.05) is 18.7 Å². The highest BCUT2D eigenvalue weighted by Crippen LogP contribution is 2.31. The number of piperazine rings is 1. The van der Waals surface area contributed by atoms with Gasteiger partial charge in [0.2, 0.25) is 5.91 Å². The highest BCUT2D eigenvalue weighted by Gasteiger charge is 2.40. The first-order valence-electron chi connectivity index (χ1n) is 11.3. The lowest BCUT2D eigenvalue weighted by Gasteiger charge is -2.39. The van der Waals surface area contributed by atoms with Gasteiger partial charge in [-0.3, -0.25) is 14.4 Å². The van der Waals surface area contributed by atoms with Crippen LogP contribution in [0.4, 0.5) is 5.69 Å². The van der Waals surface area contributed by atoms with E-state index in [-0.39, 0.29) is 30.8 Å². The number of methoxy groups -OCH3 is 2. The summed E-state index contributed by atoms with van der Waals surface area (Å²) in [5.41, 5.74) is 3.21. The molecule has 8 nitrogen and oxygen atoms in total. The molecule has 0 radical (unpaired) electrons. The molecule has 3 amide bonds. The largest absolute Gasteiger partial charge is 0.497 e. The minimum absolute atomic E-state index is 0.127. The Hall–Kier alpha value is -4.33. The fourth-order valence-electron chi connectivity index (χ4n) is 4.52. The van der Waals surface area contributed by atoms with Crippen LogP contribution in [0, 0.1) is 0 Å². The molecule has 2 aliphatic heterocycles. The van der Waals surface area contributed by atoms with Gasteiger partial charge < -0.3 is 24.6 Å². The van der Waals surface area contributed by atoms with Crippen LogP contribution in [0.3, 0.4) is 0 Å². The molecule has 0 bridgehead atoms. The minimum atomic E-state index is -0.768.